The number of hydrogen-bond donors (Lipinski definition) is 0. The number of nitrogens with zero attached hydrogens (tertiary/aromatic N) is 6. The van der Waals surface area contributed by atoms with Gasteiger partial charge in [0.25, 0.3) is 0 Å². The van der Waals surface area contributed by atoms with Gasteiger partial charge in [0, 0.05) is 17.7 Å². The van der Waals surface area contributed by atoms with Crippen LogP contribution in [0, 0.1) is 0 Å². The van der Waals surface area contributed by atoms with E-state index >= 15 is 0 Å². The molecule has 1 aromatic heterocycles. The second kappa shape index (κ2) is 12.1. The molecule has 1 aliphatic heterocycles. The van der Waals surface area contributed by atoms with E-state index < -0.39 is 29.7 Å². The Balaban J connectivity index is 1.32. The fourth-order valence-electron chi connectivity index (χ4n) is 3.96. The van der Waals surface area contributed by atoms with Gasteiger partial charge < -0.3 is 4.74 Å². The van der Waals surface area contributed by atoms with E-state index in [1.807, 2.05) is 0 Å². The van der Waals surface area contributed by atoms with Crippen molar-refractivity contribution in [2.24, 2.45) is 10.2 Å². The average molecular weight is 639 g/mol. The summed E-state index contributed by atoms with van der Waals surface area (Å²) in [5, 5.41) is 12.0. The zero-order valence-electron chi connectivity index (χ0n) is 21.5. The van der Waals surface area contributed by atoms with E-state index in [4.69, 9.17) is 11.6 Å². The lowest BCUT2D eigenvalue weighted by molar-refractivity contribution is -0.274. The third kappa shape index (κ3) is 7.17. The highest BCUT2D eigenvalue weighted by atomic mass is 35.5. The Morgan fingerprint density at radius 2 is 1.70 bits per heavy atom. The number of rotatable bonds is 6. The molecule has 1 fully saturated rings. The first-order chi connectivity index (χ1) is 20.4. The van der Waals surface area contributed by atoms with E-state index in [1.165, 1.54) is 35.4 Å². The van der Waals surface area contributed by atoms with Crippen LogP contribution >= 0.6 is 23.4 Å². The van der Waals surface area contributed by atoms with Crippen molar-refractivity contribution in [2.75, 3.05) is 10.7 Å². The Hall–Kier alpha value is -4.37. The normalized spacial score (nSPS) is 15.5. The first-order valence-electron chi connectivity index (χ1n) is 12.2. The van der Waals surface area contributed by atoms with Gasteiger partial charge in [-0.1, -0.05) is 53.7 Å². The zero-order valence-corrected chi connectivity index (χ0v) is 23.0. The largest absolute Gasteiger partial charge is 0.573 e. The summed E-state index contributed by atoms with van der Waals surface area (Å²) < 4.78 is 83.5. The minimum atomic E-state index is -4.79. The highest BCUT2D eigenvalue weighted by Gasteiger charge is 2.39. The number of halogens is 7. The lowest BCUT2D eigenvalue weighted by Crippen LogP contribution is -2.40. The number of benzene rings is 3. The molecule has 1 amide bonds. The molecule has 0 aliphatic carbocycles. The number of amides is 1. The van der Waals surface area contributed by atoms with Crippen LogP contribution in [-0.4, -0.2) is 44.2 Å². The number of amidine groups is 1. The summed E-state index contributed by atoms with van der Waals surface area (Å²) >= 11 is 7.18. The molecule has 1 saturated heterocycles. The van der Waals surface area contributed by atoms with E-state index in [0.717, 1.165) is 40.9 Å². The third-order valence-electron chi connectivity index (χ3n) is 5.85. The molecule has 4 aromatic rings. The maximum atomic E-state index is 13.7. The standard InChI is InChI=1S/C27H17ClF6N6O2S/c28-21-3-1-2-20(26(29,30)31)23(21)40-22(41)12-13-43-25(40)37-36-14-16-4-6-17(7-5-16)24-35-15-39(38-24)18-8-10-19(11-9-18)42-27(32,33)34/h1-11,14-15H,12-13H2/b36-14+,37-25-. The number of carbonyl (C=O) groups excluding carboxylic acids is 1. The van der Waals surface area contributed by atoms with E-state index in [-0.39, 0.29) is 22.4 Å². The minimum absolute atomic E-state index is 0.00103. The summed E-state index contributed by atoms with van der Waals surface area (Å²) in [6.07, 6.45) is -6.78. The number of aromatic nitrogens is 3. The van der Waals surface area contributed by atoms with Crippen LogP contribution in [-0.2, 0) is 11.0 Å². The van der Waals surface area contributed by atoms with Crippen molar-refractivity contribution in [1.82, 2.24) is 14.8 Å². The fourth-order valence-corrected chi connectivity index (χ4v) is 5.11. The molecule has 0 unspecified atom stereocenters. The average Bonchev–Trinajstić information content (AvgIpc) is 3.43. The lowest BCUT2D eigenvalue weighted by Gasteiger charge is -2.29. The number of hydrogen-bond acceptors (Lipinski definition) is 7. The summed E-state index contributed by atoms with van der Waals surface area (Å²) in [5.41, 5.74) is 0.108. The summed E-state index contributed by atoms with van der Waals surface area (Å²) in [6.45, 7) is 0. The molecule has 0 N–H and O–H groups in total. The van der Waals surface area contributed by atoms with Crippen molar-refractivity contribution in [3.8, 4) is 22.8 Å². The number of carbonyl (C=O) groups is 1. The SMILES string of the molecule is O=C1CCS/C(=N\N=C\c2ccc(-c3ncn(-c4ccc(OC(F)(F)F)cc4)n3)cc2)N1c1c(Cl)cccc1C(F)(F)F. The van der Waals surface area contributed by atoms with Crippen LogP contribution in [0.3, 0.4) is 0 Å². The second-order valence-electron chi connectivity index (χ2n) is 8.76. The number of anilines is 1. The van der Waals surface area contributed by atoms with Crippen LogP contribution in [0.5, 0.6) is 5.75 Å². The molecule has 222 valence electrons. The van der Waals surface area contributed by atoms with Gasteiger partial charge in [-0.3, -0.25) is 9.69 Å². The smallest absolute Gasteiger partial charge is 0.406 e. The topological polar surface area (TPSA) is 85.0 Å². The predicted octanol–water partition coefficient (Wildman–Crippen LogP) is 7.37. The second-order valence-corrected chi connectivity index (χ2v) is 10.2. The Labute approximate surface area is 248 Å². The van der Waals surface area contributed by atoms with Crippen LogP contribution < -0.4 is 9.64 Å². The molecule has 2 heterocycles. The van der Waals surface area contributed by atoms with Gasteiger partial charge in [0.15, 0.2) is 11.0 Å². The minimum Gasteiger partial charge on any atom is -0.406 e. The number of ether oxygens (including phenoxy) is 1. The summed E-state index contributed by atoms with van der Waals surface area (Å²) in [7, 11) is 0. The van der Waals surface area contributed by atoms with Gasteiger partial charge in [-0.05, 0) is 42.0 Å². The Bertz CT molecular complexity index is 1690. The van der Waals surface area contributed by atoms with E-state index in [2.05, 4.69) is 25.0 Å². The van der Waals surface area contributed by atoms with Gasteiger partial charge in [0.05, 0.1) is 28.2 Å². The van der Waals surface area contributed by atoms with Crippen molar-refractivity contribution < 1.29 is 35.9 Å². The number of thioether (sulfide) groups is 1. The van der Waals surface area contributed by atoms with Gasteiger partial charge in [-0.2, -0.15) is 18.3 Å². The molecule has 16 heteroatoms. The van der Waals surface area contributed by atoms with E-state index in [1.54, 1.807) is 24.3 Å². The number of para-hydroxylation sites is 1. The fraction of sp³-hybridized carbons (Fsp3) is 0.148. The van der Waals surface area contributed by atoms with Crippen molar-refractivity contribution in [3.63, 3.8) is 0 Å². The van der Waals surface area contributed by atoms with Crippen LogP contribution in [0.25, 0.3) is 17.1 Å². The van der Waals surface area contributed by atoms with Crippen LogP contribution in [0.4, 0.5) is 32.0 Å². The molecular weight excluding hydrogens is 622 g/mol. The predicted molar refractivity (Wildman–Crippen MR) is 150 cm³/mol. The first kappa shape index (κ1) is 30.1. The van der Waals surface area contributed by atoms with Crippen molar-refractivity contribution >= 4 is 46.3 Å². The molecule has 3 aromatic carbocycles. The van der Waals surface area contributed by atoms with Gasteiger partial charge in [-0.15, -0.1) is 23.4 Å². The Kier molecular flexibility index (Phi) is 8.46. The molecule has 1 aliphatic rings. The molecule has 5 rings (SSSR count). The Morgan fingerprint density at radius 3 is 2.37 bits per heavy atom. The van der Waals surface area contributed by atoms with E-state index in [0.29, 0.717) is 28.4 Å². The van der Waals surface area contributed by atoms with Crippen molar-refractivity contribution in [1.29, 1.82) is 0 Å². The monoisotopic (exact) mass is 638 g/mol. The van der Waals surface area contributed by atoms with Crippen LogP contribution in [0.1, 0.15) is 17.5 Å². The molecule has 43 heavy (non-hydrogen) atoms. The first-order valence-corrected chi connectivity index (χ1v) is 13.6. The third-order valence-corrected chi connectivity index (χ3v) is 7.08. The van der Waals surface area contributed by atoms with Crippen LogP contribution in [0.15, 0.2) is 83.3 Å². The van der Waals surface area contributed by atoms with Gasteiger partial charge in [0.2, 0.25) is 5.91 Å². The van der Waals surface area contributed by atoms with Gasteiger partial charge >= 0.3 is 12.5 Å². The quantitative estimate of drug-likeness (QED) is 0.125. The highest BCUT2D eigenvalue weighted by Crippen LogP contribution is 2.42. The molecule has 8 nitrogen and oxygen atoms in total. The van der Waals surface area contributed by atoms with Crippen molar-refractivity contribution in [2.45, 2.75) is 19.0 Å². The molecule has 0 saturated carbocycles. The zero-order chi connectivity index (χ0) is 30.8. The van der Waals surface area contributed by atoms with Crippen LogP contribution in [0.2, 0.25) is 5.02 Å². The molecular formula is C27H17ClF6N6O2S. The molecule has 0 atom stereocenters. The molecule has 0 radical (unpaired) electrons. The van der Waals surface area contributed by atoms with Gasteiger partial charge in [-0.25, -0.2) is 9.67 Å². The Morgan fingerprint density at radius 1 is 0.977 bits per heavy atom. The molecule has 0 spiro atoms. The van der Waals surface area contributed by atoms with E-state index in [9.17, 15) is 31.1 Å². The maximum Gasteiger partial charge on any atom is 0.573 e. The lowest BCUT2D eigenvalue weighted by atomic mass is 10.1. The molecule has 0 bridgehead atoms. The number of alkyl halides is 6. The summed E-state index contributed by atoms with van der Waals surface area (Å²) in [6, 6.07) is 15.1. The van der Waals surface area contributed by atoms with Gasteiger partial charge in [0.1, 0.15) is 12.1 Å². The summed E-state index contributed by atoms with van der Waals surface area (Å²) in [5.74, 6) is -0.300. The highest BCUT2D eigenvalue weighted by molar-refractivity contribution is 8.14. The maximum absolute atomic E-state index is 13.7. The van der Waals surface area contributed by atoms with Crippen molar-refractivity contribution in [3.05, 3.63) is 89.2 Å². The summed E-state index contributed by atoms with van der Waals surface area (Å²) in [4.78, 5) is 17.8.